The normalized spacial score (nSPS) is 18.3. The minimum atomic E-state index is -3.51. The molecule has 3 heterocycles. The first-order valence-corrected chi connectivity index (χ1v) is 12.7. The van der Waals surface area contributed by atoms with Crippen molar-refractivity contribution in [3.63, 3.8) is 0 Å². The molecule has 0 N–H and O–H groups in total. The molecule has 0 spiro atoms. The molecule has 10 heteroatoms. The van der Waals surface area contributed by atoms with E-state index in [1.165, 1.54) is 0 Å². The van der Waals surface area contributed by atoms with Crippen LogP contribution in [0.4, 0.5) is 0 Å². The van der Waals surface area contributed by atoms with Gasteiger partial charge in [0.25, 0.3) is 0 Å². The van der Waals surface area contributed by atoms with Crippen molar-refractivity contribution in [2.24, 2.45) is 7.05 Å². The number of benzene rings is 1. The summed E-state index contributed by atoms with van der Waals surface area (Å²) in [5.74, 6) is 0.843. The number of carbonyl (C=O) groups excluding carboxylic acids is 2. The van der Waals surface area contributed by atoms with Crippen LogP contribution in [-0.4, -0.2) is 83.2 Å². The monoisotopic (exact) mass is 461 g/mol. The molecule has 2 fully saturated rings. The van der Waals surface area contributed by atoms with Crippen LogP contribution < -0.4 is 0 Å². The average molecular weight is 462 g/mol. The van der Waals surface area contributed by atoms with Gasteiger partial charge in [-0.05, 0) is 31.0 Å². The lowest BCUT2D eigenvalue weighted by molar-refractivity contribution is -0.138. The van der Waals surface area contributed by atoms with E-state index in [0.717, 1.165) is 30.6 Å². The van der Waals surface area contributed by atoms with E-state index in [0.29, 0.717) is 57.6 Å². The Kier molecular flexibility index (Phi) is 6.52. The van der Waals surface area contributed by atoms with Crippen LogP contribution in [0.1, 0.15) is 38.4 Å². The van der Waals surface area contributed by atoms with E-state index in [-0.39, 0.29) is 16.7 Å². The standard InChI is InChI=1S/C22H31N5O4S/c1-17(28)25-12-14-26(15-13-25)22(29)9-8-21-23-19-16-18(6-7-20(19)24(21)2)32(30,31)27-10-4-3-5-11-27/h6-7,16H,3-5,8-15H2,1-2H3. The van der Waals surface area contributed by atoms with Crippen molar-refractivity contribution in [3.8, 4) is 0 Å². The molecule has 0 bridgehead atoms. The summed E-state index contributed by atoms with van der Waals surface area (Å²) in [5.41, 5.74) is 1.48. The highest BCUT2D eigenvalue weighted by molar-refractivity contribution is 7.89. The van der Waals surface area contributed by atoms with Crippen LogP contribution in [0.15, 0.2) is 23.1 Å². The van der Waals surface area contributed by atoms with Gasteiger partial charge in [0.05, 0.1) is 15.9 Å². The molecule has 2 aromatic rings. The summed E-state index contributed by atoms with van der Waals surface area (Å²) in [6.45, 7) is 4.93. The molecule has 4 rings (SSSR count). The second-order valence-corrected chi connectivity index (χ2v) is 10.5. The van der Waals surface area contributed by atoms with Crippen molar-refractivity contribution >= 4 is 32.9 Å². The Morgan fingerprint density at radius 2 is 1.62 bits per heavy atom. The fraction of sp³-hybridized carbons (Fsp3) is 0.591. The van der Waals surface area contributed by atoms with Crippen molar-refractivity contribution in [2.75, 3.05) is 39.3 Å². The summed E-state index contributed by atoms with van der Waals surface area (Å²) in [6, 6.07) is 5.09. The third kappa shape index (κ3) is 4.52. The van der Waals surface area contributed by atoms with Gasteiger partial charge < -0.3 is 14.4 Å². The maximum atomic E-state index is 13.0. The molecule has 2 aliphatic rings. The number of nitrogens with zero attached hydrogens (tertiary/aromatic N) is 5. The number of aryl methyl sites for hydroxylation is 2. The van der Waals surface area contributed by atoms with E-state index >= 15 is 0 Å². The summed E-state index contributed by atoms with van der Waals surface area (Å²) in [6.07, 6.45) is 3.67. The van der Waals surface area contributed by atoms with Crippen LogP contribution in [-0.2, 0) is 33.1 Å². The number of aromatic nitrogens is 2. The molecule has 174 valence electrons. The third-order valence-corrected chi connectivity index (χ3v) is 8.43. The maximum absolute atomic E-state index is 13.0. The highest BCUT2D eigenvalue weighted by atomic mass is 32.2. The van der Waals surface area contributed by atoms with Crippen molar-refractivity contribution in [1.29, 1.82) is 0 Å². The molecule has 0 saturated carbocycles. The molecular weight excluding hydrogens is 430 g/mol. The number of amides is 2. The topological polar surface area (TPSA) is 95.8 Å². The number of rotatable bonds is 5. The number of hydrogen-bond donors (Lipinski definition) is 0. The summed E-state index contributed by atoms with van der Waals surface area (Å²) in [4.78, 5) is 32.6. The van der Waals surface area contributed by atoms with Gasteiger partial charge in [0.15, 0.2) is 0 Å². The Morgan fingerprint density at radius 1 is 0.969 bits per heavy atom. The molecule has 1 aromatic carbocycles. The van der Waals surface area contributed by atoms with Gasteiger partial charge in [0.1, 0.15) is 5.82 Å². The van der Waals surface area contributed by atoms with E-state index in [2.05, 4.69) is 4.98 Å². The van der Waals surface area contributed by atoms with Gasteiger partial charge in [0.2, 0.25) is 21.8 Å². The van der Waals surface area contributed by atoms with Gasteiger partial charge in [-0.15, -0.1) is 0 Å². The van der Waals surface area contributed by atoms with Crippen molar-refractivity contribution in [1.82, 2.24) is 23.7 Å². The quantitative estimate of drug-likeness (QED) is 0.670. The van der Waals surface area contributed by atoms with Crippen LogP contribution >= 0.6 is 0 Å². The average Bonchev–Trinajstić information content (AvgIpc) is 3.13. The molecule has 0 atom stereocenters. The first kappa shape index (κ1) is 22.7. The number of sulfonamides is 1. The molecule has 2 aliphatic heterocycles. The highest BCUT2D eigenvalue weighted by Gasteiger charge is 2.27. The van der Waals surface area contributed by atoms with E-state index in [4.69, 9.17) is 0 Å². The van der Waals surface area contributed by atoms with Crippen LogP contribution in [0.5, 0.6) is 0 Å². The Bertz CT molecular complexity index is 1110. The first-order chi connectivity index (χ1) is 15.3. The van der Waals surface area contributed by atoms with Gasteiger partial charge >= 0.3 is 0 Å². The van der Waals surface area contributed by atoms with Gasteiger partial charge in [-0.25, -0.2) is 13.4 Å². The predicted octanol–water partition coefficient (Wildman–Crippen LogP) is 1.37. The van der Waals surface area contributed by atoms with Crippen molar-refractivity contribution in [2.45, 2.75) is 43.9 Å². The SMILES string of the molecule is CC(=O)N1CCN(C(=O)CCc2nc3cc(S(=O)(=O)N4CCCCC4)ccc3n2C)CC1. The lowest BCUT2D eigenvalue weighted by atomic mass is 10.2. The van der Waals surface area contributed by atoms with Gasteiger partial charge in [-0.1, -0.05) is 6.42 Å². The summed E-state index contributed by atoms with van der Waals surface area (Å²) < 4.78 is 29.5. The summed E-state index contributed by atoms with van der Waals surface area (Å²) in [7, 11) is -1.62. The Morgan fingerprint density at radius 3 is 2.28 bits per heavy atom. The molecular formula is C22H31N5O4S. The molecule has 0 radical (unpaired) electrons. The maximum Gasteiger partial charge on any atom is 0.243 e. The Hall–Kier alpha value is -2.46. The van der Waals surface area contributed by atoms with E-state index in [1.807, 2.05) is 11.6 Å². The number of fused-ring (bicyclic) bond motifs is 1. The molecule has 1 aromatic heterocycles. The first-order valence-electron chi connectivity index (χ1n) is 11.3. The van der Waals surface area contributed by atoms with Crippen LogP contribution in [0.25, 0.3) is 11.0 Å². The van der Waals surface area contributed by atoms with Gasteiger partial charge in [0, 0.05) is 66.1 Å². The van der Waals surface area contributed by atoms with E-state index in [1.54, 1.807) is 39.2 Å². The fourth-order valence-electron chi connectivity index (χ4n) is 4.52. The summed E-state index contributed by atoms with van der Waals surface area (Å²) in [5, 5.41) is 0. The fourth-order valence-corrected chi connectivity index (χ4v) is 6.05. The minimum absolute atomic E-state index is 0.0402. The molecule has 32 heavy (non-hydrogen) atoms. The van der Waals surface area contributed by atoms with Gasteiger partial charge in [-0.3, -0.25) is 9.59 Å². The van der Waals surface area contributed by atoms with Crippen LogP contribution in [0, 0.1) is 0 Å². The smallest absolute Gasteiger partial charge is 0.243 e. The number of imidazole rings is 1. The predicted molar refractivity (Wildman–Crippen MR) is 120 cm³/mol. The second kappa shape index (κ2) is 9.19. The lowest BCUT2D eigenvalue weighted by Gasteiger charge is -2.34. The zero-order valence-corrected chi connectivity index (χ0v) is 19.6. The number of carbonyl (C=O) groups is 2. The number of piperazine rings is 1. The number of hydrogen-bond acceptors (Lipinski definition) is 5. The van der Waals surface area contributed by atoms with E-state index in [9.17, 15) is 18.0 Å². The molecule has 0 aliphatic carbocycles. The highest BCUT2D eigenvalue weighted by Crippen LogP contribution is 2.25. The second-order valence-electron chi connectivity index (χ2n) is 8.59. The van der Waals surface area contributed by atoms with Crippen LogP contribution in [0.3, 0.4) is 0 Å². The third-order valence-electron chi connectivity index (χ3n) is 6.54. The molecule has 2 saturated heterocycles. The van der Waals surface area contributed by atoms with E-state index < -0.39 is 10.0 Å². The van der Waals surface area contributed by atoms with Crippen molar-refractivity contribution < 1.29 is 18.0 Å². The molecule has 0 unspecified atom stereocenters. The lowest BCUT2D eigenvalue weighted by Crippen LogP contribution is -2.50. The summed E-state index contributed by atoms with van der Waals surface area (Å²) >= 11 is 0. The van der Waals surface area contributed by atoms with Crippen molar-refractivity contribution in [3.05, 3.63) is 24.0 Å². The Labute approximate surface area is 189 Å². The largest absolute Gasteiger partial charge is 0.339 e. The Balaban J connectivity index is 1.44. The zero-order chi connectivity index (χ0) is 22.9. The zero-order valence-electron chi connectivity index (χ0n) is 18.8. The van der Waals surface area contributed by atoms with Gasteiger partial charge in [-0.2, -0.15) is 4.31 Å². The minimum Gasteiger partial charge on any atom is -0.339 e. The van der Waals surface area contributed by atoms with Crippen LogP contribution in [0.2, 0.25) is 0 Å². The molecule has 2 amide bonds. The number of piperidine rings is 1. The molecule has 9 nitrogen and oxygen atoms in total.